The highest BCUT2D eigenvalue weighted by Crippen LogP contribution is 2.30. The number of hydrogen-bond acceptors (Lipinski definition) is 4. The predicted molar refractivity (Wildman–Crippen MR) is 102 cm³/mol. The molecule has 1 heterocycles. The summed E-state index contributed by atoms with van der Waals surface area (Å²) >= 11 is 0. The highest BCUT2D eigenvalue weighted by Gasteiger charge is 2.36. The minimum atomic E-state index is -0.339. The number of likely N-dealkylation sites (N-methyl/N-ethyl adjacent to an activating group) is 1. The third-order valence-electron chi connectivity index (χ3n) is 4.06. The SMILES string of the molecule is CC(C)COc1ccc(C2=C(Nc3ccccc3)C(=O)N(C)C2=O)cc1. The van der Waals surface area contributed by atoms with Gasteiger partial charge in [-0.05, 0) is 35.7 Å². The lowest BCUT2D eigenvalue weighted by molar-refractivity contribution is -0.135. The van der Waals surface area contributed by atoms with Gasteiger partial charge in [0.25, 0.3) is 11.8 Å². The maximum Gasteiger partial charge on any atom is 0.277 e. The van der Waals surface area contributed by atoms with E-state index in [2.05, 4.69) is 19.2 Å². The van der Waals surface area contributed by atoms with Crippen LogP contribution >= 0.6 is 0 Å². The van der Waals surface area contributed by atoms with Crippen LogP contribution in [0.1, 0.15) is 19.4 Å². The Morgan fingerprint density at radius 1 is 0.962 bits per heavy atom. The van der Waals surface area contributed by atoms with E-state index in [0.717, 1.165) is 16.3 Å². The zero-order valence-electron chi connectivity index (χ0n) is 15.2. The number of imide groups is 1. The Bertz CT molecular complexity index is 839. The highest BCUT2D eigenvalue weighted by molar-refractivity contribution is 6.36. The summed E-state index contributed by atoms with van der Waals surface area (Å²) in [5.41, 5.74) is 2.10. The molecule has 5 heteroatoms. The second kappa shape index (κ2) is 7.44. The maximum atomic E-state index is 12.6. The third-order valence-corrected chi connectivity index (χ3v) is 4.06. The van der Waals surface area contributed by atoms with Gasteiger partial charge in [0.05, 0.1) is 12.2 Å². The minimum Gasteiger partial charge on any atom is -0.493 e. The van der Waals surface area contributed by atoms with Gasteiger partial charge in [0.15, 0.2) is 0 Å². The summed E-state index contributed by atoms with van der Waals surface area (Å²) in [6.07, 6.45) is 0. The molecule has 1 N–H and O–H groups in total. The van der Waals surface area contributed by atoms with Crippen LogP contribution in [0, 0.1) is 5.92 Å². The number of para-hydroxylation sites is 1. The van der Waals surface area contributed by atoms with Crippen molar-refractivity contribution in [3.63, 3.8) is 0 Å². The number of carbonyl (C=O) groups excluding carboxylic acids is 2. The molecule has 0 radical (unpaired) electrons. The lowest BCUT2D eigenvalue weighted by Crippen LogP contribution is -2.27. The van der Waals surface area contributed by atoms with Crippen LogP contribution < -0.4 is 10.1 Å². The molecule has 0 unspecified atom stereocenters. The Labute approximate surface area is 153 Å². The summed E-state index contributed by atoms with van der Waals surface area (Å²) in [7, 11) is 1.49. The summed E-state index contributed by atoms with van der Waals surface area (Å²) in [6.45, 7) is 4.79. The van der Waals surface area contributed by atoms with E-state index < -0.39 is 0 Å². The highest BCUT2D eigenvalue weighted by atomic mass is 16.5. The number of nitrogens with zero attached hydrogens (tertiary/aromatic N) is 1. The van der Waals surface area contributed by atoms with Gasteiger partial charge >= 0.3 is 0 Å². The summed E-state index contributed by atoms with van der Waals surface area (Å²) in [4.78, 5) is 26.2. The van der Waals surface area contributed by atoms with Gasteiger partial charge in [-0.15, -0.1) is 0 Å². The monoisotopic (exact) mass is 350 g/mol. The largest absolute Gasteiger partial charge is 0.493 e. The first-order valence-corrected chi connectivity index (χ1v) is 8.59. The lowest BCUT2D eigenvalue weighted by Gasteiger charge is -2.10. The summed E-state index contributed by atoms with van der Waals surface area (Å²) in [5, 5.41) is 3.09. The molecule has 0 aromatic heterocycles. The Morgan fingerprint density at radius 3 is 2.23 bits per heavy atom. The average molecular weight is 350 g/mol. The molecule has 0 aliphatic carbocycles. The first-order chi connectivity index (χ1) is 12.5. The molecule has 26 heavy (non-hydrogen) atoms. The fourth-order valence-corrected chi connectivity index (χ4v) is 2.67. The average Bonchev–Trinajstić information content (AvgIpc) is 2.85. The number of ether oxygens (including phenoxy) is 1. The van der Waals surface area contributed by atoms with Crippen molar-refractivity contribution in [2.75, 3.05) is 19.0 Å². The molecule has 2 amide bonds. The Hall–Kier alpha value is -3.08. The van der Waals surface area contributed by atoms with Gasteiger partial charge in [0.2, 0.25) is 0 Å². The topological polar surface area (TPSA) is 58.6 Å². The van der Waals surface area contributed by atoms with Gasteiger partial charge < -0.3 is 10.1 Å². The Morgan fingerprint density at radius 2 is 1.62 bits per heavy atom. The molecule has 2 aromatic rings. The van der Waals surface area contributed by atoms with Crippen LogP contribution in [0.5, 0.6) is 5.75 Å². The molecule has 2 aromatic carbocycles. The van der Waals surface area contributed by atoms with Gasteiger partial charge in [0, 0.05) is 12.7 Å². The van der Waals surface area contributed by atoms with E-state index in [1.165, 1.54) is 7.05 Å². The van der Waals surface area contributed by atoms with Crippen LogP contribution in [0.2, 0.25) is 0 Å². The van der Waals surface area contributed by atoms with Crippen LogP contribution in [0.4, 0.5) is 5.69 Å². The van der Waals surface area contributed by atoms with Crippen molar-refractivity contribution in [2.45, 2.75) is 13.8 Å². The number of carbonyl (C=O) groups is 2. The number of hydrogen-bond donors (Lipinski definition) is 1. The number of amides is 2. The van der Waals surface area contributed by atoms with Crippen molar-refractivity contribution in [1.82, 2.24) is 4.90 Å². The smallest absolute Gasteiger partial charge is 0.277 e. The van der Waals surface area contributed by atoms with Crippen molar-refractivity contribution >= 4 is 23.1 Å². The van der Waals surface area contributed by atoms with Gasteiger partial charge in [-0.2, -0.15) is 0 Å². The summed E-state index contributed by atoms with van der Waals surface area (Å²) in [6, 6.07) is 16.6. The third kappa shape index (κ3) is 3.61. The van der Waals surface area contributed by atoms with E-state index in [1.807, 2.05) is 54.6 Å². The molecule has 1 aliphatic rings. The molecule has 5 nitrogen and oxygen atoms in total. The van der Waals surface area contributed by atoms with E-state index in [0.29, 0.717) is 29.4 Å². The van der Waals surface area contributed by atoms with E-state index >= 15 is 0 Å². The van der Waals surface area contributed by atoms with Gasteiger partial charge in [-0.1, -0.05) is 44.2 Å². The van der Waals surface area contributed by atoms with Gasteiger partial charge in [-0.3, -0.25) is 14.5 Å². The van der Waals surface area contributed by atoms with Crippen LogP contribution in [0.3, 0.4) is 0 Å². The Balaban J connectivity index is 1.92. The van der Waals surface area contributed by atoms with Gasteiger partial charge in [-0.25, -0.2) is 0 Å². The molecular formula is C21H22N2O3. The predicted octanol–water partition coefficient (Wildman–Crippen LogP) is 3.54. The maximum absolute atomic E-state index is 12.6. The van der Waals surface area contributed by atoms with Crippen LogP contribution in [0.25, 0.3) is 5.57 Å². The number of nitrogens with one attached hydrogen (secondary N) is 1. The number of benzene rings is 2. The fraction of sp³-hybridized carbons (Fsp3) is 0.238. The van der Waals surface area contributed by atoms with E-state index in [9.17, 15) is 9.59 Å². The summed E-state index contributed by atoms with van der Waals surface area (Å²) < 4.78 is 5.68. The molecule has 0 fully saturated rings. The zero-order chi connectivity index (χ0) is 18.7. The normalized spacial score (nSPS) is 14.4. The molecule has 0 saturated heterocycles. The molecule has 3 rings (SSSR count). The van der Waals surface area contributed by atoms with Crippen LogP contribution in [-0.2, 0) is 9.59 Å². The molecule has 134 valence electrons. The molecule has 0 bridgehead atoms. The van der Waals surface area contributed by atoms with Crippen LogP contribution in [0.15, 0.2) is 60.3 Å². The molecular weight excluding hydrogens is 328 g/mol. The van der Waals surface area contributed by atoms with Crippen molar-refractivity contribution in [3.05, 3.63) is 65.9 Å². The number of rotatable bonds is 6. The second-order valence-electron chi connectivity index (χ2n) is 6.64. The fourth-order valence-electron chi connectivity index (χ4n) is 2.67. The molecule has 1 aliphatic heterocycles. The second-order valence-corrected chi connectivity index (χ2v) is 6.64. The van der Waals surface area contributed by atoms with Crippen LogP contribution in [-0.4, -0.2) is 30.4 Å². The van der Waals surface area contributed by atoms with E-state index in [-0.39, 0.29) is 11.8 Å². The molecule has 0 saturated carbocycles. The van der Waals surface area contributed by atoms with E-state index in [4.69, 9.17) is 4.74 Å². The molecule has 0 spiro atoms. The quantitative estimate of drug-likeness (QED) is 0.810. The Kier molecular flexibility index (Phi) is 5.07. The minimum absolute atomic E-state index is 0.291. The summed E-state index contributed by atoms with van der Waals surface area (Å²) in [5.74, 6) is 0.519. The zero-order valence-corrected chi connectivity index (χ0v) is 15.2. The number of anilines is 1. The first kappa shape index (κ1) is 17.7. The lowest BCUT2D eigenvalue weighted by atomic mass is 10.0. The van der Waals surface area contributed by atoms with Crippen molar-refractivity contribution in [3.8, 4) is 5.75 Å². The van der Waals surface area contributed by atoms with Gasteiger partial charge in [0.1, 0.15) is 11.4 Å². The first-order valence-electron chi connectivity index (χ1n) is 8.59. The van der Waals surface area contributed by atoms with Crippen molar-refractivity contribution in [2.24, 2.45) is 5.92 Å². The van der Waals surface area contributed by atoms with Crippen molar-refractivity contribution < 1.29 is 14.3 Å². The molecule has 0 atom stereocenters. The van der Waals surface area contributed by atoms with E-state index in [1.54, 1.807) is 0 Å². The standard InChI is InChI=1S/C21H22N2O3/c1-14(2)13-26-17-11-9-15(10-12-17)18-19(21(25)23(3)20(18)24)22-16-7-5-4-6-8-16/h4-12,14,22H,13H2,1-3H3. The van der Waals surface area contributed by atoms with Crippen molar-refractivity contribution in [1.29, 1.82) is 0 Å².